The summed E-state index contributed by atoms with van der Waals surface area (Å²) in [5, 5.41) is 0. The number of nitrogens with two attached hydrogens (primary N) is 1. The van der Waals surface area contributed by atoms with Crippen molar-refractivity contribution in [3.05, 3.63) is 65.5 Å². The molecule has 24 heavy (non-hydrogen) atoms. The van der Waals surface area contributed by atoms with Crippen LogP contribution in [0.3, 0.4) is 0 Å². The lowest BCUT2D eigenvalue weighted by Gasteiger charge is -2.15. The van der Waals surface area contributed by atoms with Gasteiger partial charge in [-0.1, -0.05) is 44.2 Å². The van der Waals surface area contributed by atoms with Crippen molar-refractivity contribution >= 4 is 5.91 Å². The molecule has 0 aliphatic rings. The second-order valence-corrected chi connectivity index (χ2v) is 6.23. The first-order chi connectivity index (χ1) is 11.5. The van der Waals surface area contributed by atoms with Crippen molar-refractivity contribution in [3.8, 4) is 5.75 Å². The van der Waals surface area contributed by atoms with Crippen molar-refractivity contribution < 1.29 is 13.9 Å². The van der Waals surface area contributed by atoms with E-state index in [4.69, 9.17) is 10.5 Å². The summed E-state index contributed by atoms with van der Waals surface area (Å²) in [5.74, 6) is 0.438. The lowest BCUT2D eigenvalue weighted by Crippen LogP contribution is -2.20. The van der Waals surface area contributed by atoms with E-state index in [1.165, 1.54) is 11.6 Å². The van der Waals surface area contributed by atoms with Gasteiger partial charge in [-0.2, -0.15) is 0 Å². The standard InChI is InChI=1S/C20H24FNO2/c1-14(7-8-15(2)20(22)23)16-9-11-18(12-10-16)24-13-17-5-3-4-6-19(17)21/h3-6,9-12,14-15H,7-8,13H2,1-2H3,(H2,22,23)/t14-,15+/m1/s1. The van der Waals surface area contributed by atoms with Crippen LogP contribution < -0.4 is 10.5 Å². The summed E-state index contributed by atoms with van der Waals surface area (Å²) in [6.45, 7) is 4.19. The Balaban J connectivity index is 1.88. The van der Waals surface area contributed by atoms with Crippen LogP contribution in [-0.4, -0.2) is 5.91 Å². The molecule has 0 radical (unpaired) electrons. The number of primary amides is 1. The smallest absolute Gasteiger partial charge is 0.220 e. The van der Waals surface area contributed by atoms with E-state index in [0.717, 1.165) is 12.8 Å². The molecule has 2 aromatic rings. The Labute approximate surface area is 142 Å². The van der Waals surface area contributed by atoms with Crippen molar-refractivity contribution in [2.75, 3.05) is 0 Å². The minimum absolute atomic E-state index is 0.101. The molecule has 0 aliphatic carbocycles. The molecule has 1 amide bonds. The van der Waals surface area contributed by atoms with E-state index in [1.807, 2.05) is 31.2 Å². The van der Waals surface area contributed by atoms with Gasteiger partial charge in [0, 0.05) is 11.5 Å². The van der Waals surface area contributed by atoms with Crippen LogP contribution in [-0.2, 0) is 11.4 Å². The van der Waals surface area contributed by atoms with Crippen LogP contribution in [0.15, 0.2) is 48.5 Å². The molecule has 128 valence electrons. The Morgan fingerprint density at radius 2 is 1.75 bits per heavy atom. The van der Waals surface area contributed by atoms with Gasteiger partial charge in [0.05, 0.1) is 0 Å². The summed E-state index contributed by atoms with van der Waals surface area (Å²) >= 11 is 0. The minimum Gasteiger partial charge on any atom is -0.489 e. The summed E-state index contributed by atoms with van der Waals surface area (Å²) in [6, 6.07) is 14.4. The molecular formula is C20H24FNO2. The van der Waals surface area contributed by atoms with Crippen molar-refractivity contribution in [1.29, 1.82) is 0 Å². The first kappa shape index (κ1) is 18.0. The van der Waals surface area contributed by atoms with Crippen LogP contribution in [0.4, 0.5) is 4.39 Å². The van der Waals surface area contributed by atoms with Crippen molar-refractivity contribution in [2.24, 2.45) is 11.7 Å². The van der Waals surface area contributed by atoms with Crippen molar-refractivity contribution in [1.82, 2.24) is 0 Å². The van der Waals surface area contributed by atoms with Gasteiger partial charge in [-0.05, 0) is 42.5 Å². The van der Waals surface area contributed by atoms with Crippen molar-refractivity contribution in [3.63, 3.8) is 0 Å². The fraction of sp³-hybridized carbons (Fsp3) is 0.350. The summed E-state index contributed by atoms with van der Waals surface area (Å²) in [4.78, 5) is 11.1. The molecule has 0 spiro atoms. The Bertz CT molecular complexity index is 670. The van der Waals surface area contributed by atoms with E-state index in [0.29, 0.717) is 17.2 Å². The summed E-state index contributed by atoms with van der Waals surface area (Å²) in [7, 11) is 0. The van der Waals surface area contributed by atoms with Gasteiger partial charge in [-0.3, -0.25) is 4.79 Å². The fourth-order valence-electron chi connectivity index (χ4n) is 2.48. The minimum atomic E-state index is -0.258. The normalized spacial score (nSPS) is 13.3. The highest BCUT2D eigenvalue weighted by atomic mass is 19.1. The average molecular weight is 329 g/mol. The summed E-state index contributed by atoms with van der Waals surface area (Å²) < 4.78 is 19.2. The number of hydrogen-bond donors (Lipinski definition) is 1. The number of carbonyl (C=O) groups is 1. The molecule has 0 bridgehead atoms. The third-order valence-electron chi connectivity index (χ3n) is 4.32. The lowest BCUT2D eigenvalue weighted by atomic mass is 9.92. The first-order valence-corrected chi connectivity index (χ1v) is 8.23. The van der Waals surface area contributed by atoms with Gasteiger partial charge in [0.2, 0.25) is 5.91 Å². The number of amides is 1. The Hall–Kier alpha value is -2.36. The lowest BCUT2D eigenvalue weighted by molar-refractivity contribution is -0.121. The van der Waals surface area contributed by atoms with Crippen LogP contribution >= 0.6 is 0 Å². The molecule has 0 saturated carbocycles. The van der Waals surface area contributed by atoms with Crippen LogP contribution in [0, 0.1) is 11.7 Å². The molecule has 0 fully saturated rings. The molecule has 3 nitrogen and oxygen atoms in total. The van der Waals surface area contributed by atoms with Gasteiger partial charge in [0.25, 0.3) is 0 Å². The number of benzene rings is 2. The van der Waals surface area contributed by atoms with E-state index >= 15 is 0 Å². The predicted molar refractivity (Wildman–Crippen MR) is 93.2 cm³/mol. The molecule has 0 aromatic heterocycles. The van der Waals surface area contributed by atoms with Crippen LogP contribution in [0.1, 0.15) is 43.7 Å². The first-order valence-electron chi connectivity index (χ1n) is 8.23. The van der Waals surface area contributed by atoms with Gasteiger partial charge in [0.15, 0.2) is 0 Å². The zero-order valence-corrected chi connectivity index (χ0v) is 14.2. The highest BCUT2D eigenvalue weighted by Gasteiger charge is 2.12. The molecule has 4 heteroatoms. The molecular weight excluding hydrogens is 305 g/mol. The maximum absolute atomic E-state index is 13.6. The Kier molecular flexibility index (Phi) is 6.36. The molecule has 2 atom stereocenters. The van der Waals surface area contributed by atoms with Crippen LogP contribution in [0.2, 0.25) is 0 Å². The number of hydrogen-bond acceptors (Lipinski definition) is 2. The van der Waals surface area contributed by atoms with Gasteiger partial charge in [0.1, 0.15) is 18.2 Å². The number of rotatable bonds is 8. The molecule has 0 heterocycles. The van der Waals surface area contributed by atoms with E-state index in [1.54, 1.807) is 18.2 Å². The second-order valence-electron chi connectivity index (χ2n) is 6.23. The van der Waals surface area contributed by atoms with Gasteiger partial charge >= 0.3 is 0 Å². The third-order valence-corrected chi connectivity index (χ3v) is 4.32. The maximum Gasteiger partial charge on any atom is 0.220 e. The monoisotopic (exact) mass is 329 g/mol. The zero-order valence-electron chi connectivity index (χ0n) is 14.2. The molecule has 0 saturated heterocycles. The quantitative estimate of drug-likeness (QED) is 0.780. The van der Waals surface area contributed by atoms with Gasteiger partial charge < -0.3 is 10.5 Å². The highest BCUT2D eigenvalue weighted by Crippen LogP contribution is 2.25. The van der Waals surface area contributed by atoms with Crippen molar-refractivity contribution in [2.45, 2.75) is 39.2 Å². The fourth-order valence-corrected chi connectivity index (χ4v) is 2.48. The summed E-state index contributed by atoms with van der Waals surface area (Å²) in [5.41, 5.74) is 7.01. The van der Waals surface area contributed by atoms with E-state index in [-0.39, 0.29) is 24.2 Å². The number of carbonyl (C=O) groups excluding carboxylic acids is 1. The van der Waals surface area contributed by atoms with E-state index in [9.17, 15) is 9.18 Å². The van der Waals surface area contributed by atoms with E-state index in [2.05, 4.69) is 6.92 Å². The number of ether oxygens (including phenoxy) is 1. The van der Waals surface area contributed by atoms with E-state index < -0.39 is 0 Å². The van der Waals surface area contributed by atoms with Gasteiger partial charge in [-0.15, -0.1) is 0 Å². The third kappa shape index (κ3) is 5.08. The number of halogens is 1. The predicted octanol–water partition coefficient (Wildman–Crippen LogP) is 4.41. The topological polar surface area (TPSA) is 52.3 Å². The zero-order chi connectivity index (χ0) is 17.5. The molecule has 0 aliphatic heterocycles. The molecule has 2 N–H and O–H groups in total. The SMILES string of the molecule is C[C@H](CC[C@H](C)C(N)=O)c1ccc(OCc2ccccc2F)cc1. The molecule has 0 unspecified atom stereocenters. The largest absolute Gasteiger partial charge is 0.489 e. The summed E-state index contributed by atoms with van der Waals surface area (Å²) in [6.07, 6.45) is 1.68. The van der Waals surface area contributed by atoms with Crippen LogP contribution in [0.25, 0.3) is 0 Å². The highest BCUT2D eigenvalue weighted by molar-refractivity contribution is 5.76. The molecule has 2 rings (SSSR count). The molecule has 2 aromatic carbocycles. The Morgan fingerprint density at radius 3 is 2.38 bits per heavy atom. The van der Waals surface area contributed by atoms with Gasteiger partial charge in [-0.25, -0.2) is 4.39 Å². The van der Waals surface area contributed by atoms with Crippen LogP contribution in [0.5, 0.6) is 5.75 Å². The maximum atomic E-state index is 13.6. The average Bonchev–Trinajstić information content (AvgIpc) is 2.59. The Morgan fingerprint density at radius 1 is 1.08 bits per heavy atom. The second kappa shape index (κ2) is 8.48.